The number of hydrogen-bond donors (Lipinski definition) is 0. The zero-order chi connectivity index (χ0) is 15.8. The van der Waals surface area contributed by atoms with Gasteiger partial charge in [-0.1, -0.05) is 55.7 Å². The van der Waals surface area contributed by atoms with Gasteiger partial charge in [-0.15, -0.1) is 0 Å². The largest absolute Gasteiger partial charge is 0.416 e. The van der Waals surface area contributed by atoms with Crippen molar-refractivity contribution in [2.24, 2.45) is 0 Å². The molecule has 2 aromatic rings. The van der Waals surface area contributed by atoms with Crippen molar-refractivity contribution >= 4 is 0 Å². The first-order chi connectivity index (χ1) is 10.6. The lowest BCUT2D eigenvalue weighted by Crippen LogP contribution is -2.03. The monoisotopic (exact) mass is 304 g/mol. The summed E-state index contributed by atoms with van der Waals surface area (Å²) in [5, 5.41) is 0. The number of halogens is 3. The predicted molar refractivity (Wildman–Crippen MR) is 81.4 cm³/mol. The number of benzene rings is 2. The van der Waals surface area contributed by atoms with E-state index in [1.807, 2.05) is 12.1 Å². The molecule has 0 spiro atoms. The Labute approximate surface area is 130 Å². The standard InChI is InChI=1S/C12H15.C7H4F3/c1-3-7-11(8-4-1)12-9-5-2-6-10-12;8-7(9,10)6-4-2-1-3-5-6/h5-6,9-11H,1,3-4,7-8H2;2-5H. The normalized spacial score (nSPS) is 15.8. The van der Waals surface area contributed by atoms with Crippen LogP contribution in [0, 0.1) is 12.1 Å². The Kier molecular flexibility index (Phi) is 6.05. The van der Waals surface area contributed by atoms with E-state index in [2.05, 4.69) is 24.3 Å². The molecule has 0 N–H and O–H groups in total. The molecule has 0 atom stereocenters. The van der Waals surface area contributed by atoms with Crippen LogP contribution in [0.15, 0.2) is 48.5 Å². The van der Waals surface area contributed by atoms with E-state index >= 15 is 0 Å². The molecular formula is C19H19F3. The van der Waals surface area contributed by atoms with Gasteiger partial charge in [0.15, 0.2) is 0 Å². The highest BCUT2D eigenvalue weighted by molar-refractivity contribution is 5.19. The fourth-order valence-corrected chi connectivity index (χ4v) is 2.68. The van der Waals surface area contributed by atoms with Crippen molar-refractivity contribution in [3.8, 4) is 0 Å². The van der Waals surface area contributed by atoms with Gasteiger partial charge in [-0.05, 0) is 48.6 Å². The highest BCUT2D eigenvalue weighted by Gasteiger charge is 2.29. The first kappa shape index (κ1) is 16.6. The number of rotatable bonds is 1. The molecule has 0 amide bonds. The lowest BCUT2D eigenvalue weighted by Gasteiger charge is -2.21. The van der Waals surface area contributed by atoms with Crippen LogP contribution in [-0.4, -0.2) is 0 Å². The summed E-state index contributed by atoms with van der Waals surface area (Å²) in [6, 6.07) is 18.5. The Balaban J connectivity index is 0.000000164. The number of hydrogen-bond acceptors (Lipinski definition) is 0. The molecule has 22 heavy (non-hydrogen) atoms. The minimum atomic E-state index is -4.23. The van der Waals surface area contributed by atoms with Crippen molar-refractivity contribution in [3.63, 3.8) is 0 Å². The van der Waals surface area contributed by atoms with E-state index in [0.717, 1.165) is 18.1 Å². The number of alkyl halides is 3. The third-order valence-corrected chi connectivity index (χ3v) is 3.87. The Bertz CT molecular complexity index is 526. The van der Waals surface area contributed by atoms with E-state index in [0.29, 0.717) is 0 Å². The van der Waals surface area contributed by atoms with Crippen molar-refractivity contribution < 1.29 is 13.2 Å². The Morgan fingerprint density at radius 1 is 0.773 bits per heavy atom. The van der Waals surface area contributed by atoms with E-state index in [-0.39, 0.29) is 0 Å². The van der Waals surface area contributed by atoms with Crippen LogP contribution in [0.4, 0.5) is 13.2 Å². The molecule has 0 bridgehead atoms. The molecule has 0 unspecified atom stereocenters. The van der Waals surface area contributed by atoms with Gasteiger partial charge in [0.1, 0.15) is 0 Å². The molecular weight excluding hydrogens is 285 g/mol. The van der Waals surface area contributed by atoms with Gasteiger partial charge in [-0.2, -0.15) is 13.2 Å². The molecule has 1 saturated carbocycles. The summed E-state index contributed by atoms with van der Waals surface area (Å²) in [7, 11) is 0. The predicted octanol–water partition coefficient (Wildman–Crippen LogP) is 6.04. The molecule has 1 aliphatic rings. The molecule has 2 aromatic carbocycles. The van der Waals surface area contributed by atoms with Crippen LogP contribution in [0.25, 0.3) is 0 Å². The fraction of sp³-hybridized carbons (Fsp3) is 0.368. The zero-order valence-electron chi connectivity index (χ0n) is 12.4. The summed E-state index contributed by atoms with van der Waals surface area (Å²) in [5.41, 5.74) is 0.889. The van der Waals surface area contributed by atoms with E-state index < -0.39 is 11.7 Å². The molecule has 0 nitrogen and oxygen atoms in total. The third kappa shape index (κ3) is 5.21. The Morgan fingerprint density at radius 2 is 1.27 bits per heavy atom. The van der Waals surface area contributed by atoms with Crippen LogP contribution in [0.5, 0.6) is 0 Å². The molecule has 2 radical (unpaired) electrons. The van der Waals surface area contributed by atoms with E-state index in [1.165, 1.54) is 49.8 Å². The lowest BCUT2D eigenvalue weighted by atomic mass is 9.84. The smallest absolute Gasteiger partial charge is 0.166 e. The molecule has 1 aliphatic carbocycles. The quantitative estimate of drug-likeness (QED) is 0.602. The molecule has 1 fully saturated rings. The van der Waals surface area contributed by atoms with Crippen molar-refractivity contribution in [3.05, 3.63) is 71.8 Å². The maximum Gasteiger partial charge on any atom is 0.416 e. The average molecular weight is 304 g/mol. The Morgan fingerprint density at radius 3 is 1.73 bits per heavy atom. The first-order valence-corrected chi connectivity index (χ1v) is 7.56. The summed E-state index contributed by atoms with van der Waals surface area (Å²) >= 11 is 0. The average Bonchev–Trinajstić information content (AvgIpc) is 2.57. The SMILES string of the molecule is FC(F)(F)c1cc[c]cc1.[c]1ccc(C2CCCCC2)cc1. The van der Waals surface area contributed by atoms with Gasteiger partial charge >= 0.3 is 6.18 Å². The van der Waals surface area contributed by atoms with Crippen molar-refractivity contribution in [2.45, 2.75) is 44.2 Å². The van der Waals surface area contributed by atoms with Gasteiger partial charge in [0, 0.05) is 0 Å². The molecule has 3 rings (SSSR count). The highest BCUT2D eigenvalue weighted by atomic mass is 19.4. The second kappa shape index (κ2) is 8.02. The second-order valence-electron chi connectivity index (χ2n) is 5.45. The van der Waals surface area contributed by atoms with Crippen LogP contribution < -0.4 is 0 Å². The minimum absolute atomic E-state index is 0.633. The van der Waals surface area contributed by atoms with Gasteiger partial charge in [0.05, 0.1) is 5.56 Å². The third-order valence-electron chi connectivity index (χ3n) is 3.87. The minimum Gasteiger partial charge on any atom is -0.166 e. The first-order valence-electron chi connectivity index (χ1n) is 7.56. The van der Waals surface area contributed by atoms with Crippen LogP contribution in [0.3, 0.4) is 0 Å². The second-order valence-corrected chi connectivity index (χ2v) is 5.45. The molecule has 0 aromatic heterocycles. The van der Waals surface area contributed by atoms with Gasteiger partial charge in [0.2, 0.25) is 0 Å². The Hall–Kier alpha value is -1.77. The zero-order valence-corrected chi connectivity index (χ0v) is 12.4. The fourth-order valence-electron chi connectivity index (χ4n) is 2.68. The summed E-state index contributed by atoms with van der Waals surface area (Å²) in [4.78, 5) is 0. The maximum absolute atomic E-state index is 11.8. The van der Waals surface area contributed by atoms with Crippen molar-refractivity contribution in [2.75, 3.05) is 0 Å². The van der Waals surface area contributed by atoms with E-state index in [4.69, 9.17) is 0 Å². The molecule has 0 heterocycles. The van der Waals surface area contributed by atoms with Gasteiger partial charge in [-0.3, -0.25) is 0 Å². The van der Waals surface area contributed by atoms with Gasteiger partial charge in [-0.25, -0.2) is 0 Å². The lowest BCUT2D eigenvalue weighted by molar-refractivity contribution is -0.137. The van der Waals surface area contributed by atoms with Crippen LogP contribution in [-0.2, 0) is 6.18 Å². The molecule has 0 saturated heterocycles. The summed E-state index contributed by atoms with van der Waals surface area (Å²) in [6.07, 6.45) is 2.84. The molecule has 0 aliphatic heterocycles. The maximum atomic E-state index is 11.8. The van der Waals surface area contributed by atoms with Crippen LogP contribution >= 0.6 is 0 Å². The summed E-state index contributed by atoms with van der Waals surface area (Å²) in [6.45, 7) is 0. The molecule has 116 valence electrons. The van der Waals surface area contributed by atoms with Crippen molar-refractivity contribution in [1.29, 1.82) is 0 Å². The van der Waals surface area contributed by atoms with E-state index in [1.54, 1.807) is 0 Å². The molecule has 3 heteroatoms. The summed E-state index contributed by atoms with van der Waals surface area (Å²) < 4.78 is 35.3. The summed E-state index contributed by atoms with van der Waals surface area (Å²) in [5.74, 6) is 0.841. The van der Waals surface area contributed by atoms with Crippen molar-refractivity contribution in [1.82, 2.24) is 0 Å². The van der Waals surface area contributed by atoms with Crippen LogP contribution in [0.1, 0.15) is 49.1 Å². The van der Waals surface area contributed by atoms with Gasteiger partial charge < -0.3 is 0 Å². The highest BCUT2D eigenvalue weighted by Crippen LogP contribution is 2.32. The van der Waals surface area contributed by atoms with Gasteiger partial charge in [0.25, 0.3) is 0 Å². The van der Waals surface area contributed by atoms with Crippen LogP contribution in [0.2, 0.25) is 0 Å². The topological polar surface area (TPSA) is 0 Å². The van der Waals surface area contributed by atoms with E-state index in [9.17, 15) is 13.2 Å².